The van der Waals surface area contributed by atoms with E-state index in [2.05, 4.69) is 4.74 Å². The van der Waals surface area contributed by atoms with Gasteiger partial charge in [0.15, 0.2) is 6.61 Å². The fourth-order valence-corrected chi connectivity index (χ4v) is 4.62. The van der Waals surface area contributed by atoms with E-state index in [0.29, 0.717) is 37.5 Å². The molecule has 0 fully saturated rings. The third-order valence-electron chi connectivity index (χ3n) is 5.42. The number of carbonyl (C=O) groups excluding carboxylic acids is 1. The van der Waals surface area contributed by atoms with Crippen LogP contribution in [0.25, 0.3) is 26.9 Å². The number of benzene rings is 2. The number of methoxy groups -OCH3 is 1. The fraction of sp³-hybridized carbons (Fsp3) is 0.208. The number of hydrogen-bond acceptors (Lipinski definition) is 6. The number of thiophene rings is 1. The maximum Gasteiger partial charge on any atom is 0.431 e. The van der Waals surface area contributed by atoms with E-state index in [1.165, 1.54) is 24.5 Å². The molecular weight excluding hydrogens is 485 g/mol. The van der Waals surface area contributed by atoms with E-state index in [4.69, 9.17) is 4.74 Å². The minimum Gasteiger partial charge on any atom is -0.481 e. The Morgan fingerprint density at radius 3 is 2.49 bits per heavy atom. The minimum atomic E-state index is -4.84. The van der Waals surface area contributed by atoms with E-state index in [9.17, 15) is 27.6 Å². The van der Waals surface area contributed by atoms with Gasteiger partial charge < -0.3 is 9.47 Å². The summed E-state index contributed by atoms with van der Waals surface area (Å²) in [6.07, 6.45) is -4.84. The van der Waals surface area contributed by atoms with Crippen LogP contribution in [0.3, 0.4) is 0 Å². The molecule has 4 aromatic rings. The van der Waals surface area contributed by atoms with Gasteiger partial charge in [-0.1, -0.05) is 11.6 Å². The SMILES string of the molecule is COC(=O)COc1ccc(C)cc1-c1csc2ccc(-n3c(=O)cc(C(F)(F)F)n(C)c3=O)cc12. The highest BCUT2D eigenvalue weighted by molar-refractivity contribution is 7.17. The molecule has 2 heterocycles. The zero-order valence-corrected chi connectivity index (χ0v) is 19.6. The van der Waals surface area contributed by atoms with Crippen LogP contribution in [0.1, 0.15) is 11.3 Å². The normalized spacial score (nSPS) is 11.6. The monoisotopic (exact) mass is 504 g/mol. The van der Waals surface area contributed by atoms with Gasteiger partial charge in [-0.3, -0.25) is 9.36 Å². The Morgan fingerprint density at radius 2 is 1.80 bits per heavy atom. The van der Waals surface area contributed by atoms with Crippen molar-refractivity contribution in [1.82, 2.24) is 9.13 Å². The number of nitrogens with zero attached hydrogens (tertiary/aromatic N) is 2. The predicted molar refractivity (Wildman–Crippen MR) is 125 cm³/mol. The standard InChI is InChI=1S/C24H19F3N2O5S/c1-13-4-6-18(34-11-22(31)33-3)15(8-13)17-12-35-19-7-5-14(9-16(17)19)29-21(30)10-20(24(25,26)27)28(2)23(29)32/h4-10,12H,11H2,1-3H3. The Morgan fingerprint density at radius 1 is 1.06 bits per heavy atom. The van der Waals surface area contributed by atoms with Crippen LogP contribution in [0, 0.1) is 6.92 Å². The number of carbonyl (C=O) groups is 1. The molecule has 0 N–H and O–H groups in total. The third-order valence-corrected chi connectivity index (χ3v) is 6.39. The van der Waals surface area contributed by atoms with Crippen molar-refractivity contribution in [2.75, 3.05) is 13.7 Å². The van der Waals surface area contributed by atoms with Crippen molar-refractivity contribution >= 4 is 27.4 Å². The number of aromatic nitrogens is 2. The van der Waals surface area contributed by atoms with Crippen LogP contribution in [-0.2, 0) is 22.8 Å². The lowest BCUT2D eigenvalue weighted by molar-refractivity contribution is -0.144. The summed E-state index contributed by atoms with van der Waals surface area (Å²) < 4.78 is 51.8. The van der Waals surface area contributed by atoms with Crippen molar-refractivity contribution in [3.8, 4) is 22.6 Å². The molecule has 0 radical (unpaired) electrons. The number of hydrogen-bond donors (Lipinski definition) is 0. The Hall–Kier alpha value is -3.86. The topological polar surface area (TPSA) is 79.5 Å². The second kappa shape index (κ2) is 9.06. The summed E-state index contributed by atoms with van der Waals surface area (Å²) in [5.74, 6) is -0.125. The number of ether oxygens (including phenoxy) is 2. The number of fused-ring (bicyclic) bond motifs is 1. The van der Waals surface area contributed by atoms with Gasteiger partial charge in [-0.2, -0.15) is 13.2 Å². The van der Waals surface area contributed by atoms with E-state index >= 15 is 0 Å². The van der Waals surface area contributed by atoms with Crippen LogP contribution in [-0.4, -0.2) is 28.8 Å². The van der Waals surface area contributed by atoms with Crippen LogP contribution in [0.15, 0.2) is 57.4 Å². The largest absolute Gasteiger partial charge is 0.481 e. The van der Waals surface area contributed by atoms with Crippen molar-refractivity contribution in [1.29, 1.82) is 0 Å². The minimum absolute atomic E-state index is 0.126. The average Bonchev–Trinajstić information content (AvgIpc) is 3.23. The molecule has 0 spiro atoms. The molecule has 2 aromatic carbocycles. The van der Waals surface area contributed by atoms with Gasteiger partial charge in [0.1, 0.15) is 11.4 Å². The highest BCUT2D eigenvalue weighted by atomic mass is 32.1. The summed E-state index contributed by atoms with van der Waals surface area (Å²) in [7, 11) is 2.22. The number of aryl methyl sites for hydroxylation is 1. The molecule has 0 atom stereocenters. The number of esters is 1. The highest BCUT2D eigenvalue weighted by Gasteiger charge is 2.35. The zero-order chi connectivity index (χ0) is 25.5. The molecule has 0 bridgehead atoms. The molecule has 182 valence electrons. The summed E-state index contributed by atoms with van der Waals surface area (Å²) in [5, 5.41) is 2.52. The van der Waals surface area contributed by atoms with Crippen molar-refractivity contribution < 1.29 is 27.4 Å². The molecule has 0 aliphatic rings. The number of alkyl halides is 3. The molecule has 0 amide bonds. The maximum atomic E-state index is 13.2. The summed E-state index contributed by atoms with van der Waals surface area (Å²) in [5.41, 5.74) is -1.09. The number of halogens is 3. The first-order valence-corrected chi connectivity index (χ1v) is 11.1. The van der Waals surface area contributed by atoms with E-state index in [1.54, 1.807) is 18.2 Å². The lowest BCUT2D eigenvalue weighted by Crippen LogP contribution is -2.40. The van der Waals surface area contributed by atoms with E-state index in [0.717, 1.165) is 17.3 Å². The Bertz CT molecular complexity index is 1570. The van der Waals surface area contributed by atoms with Gasteiger partial charge in [-0.25, -0.2) is 14.2 Å². The Labute approximate surface area is 200 Å². The molecule has 0 unspecified atom stereocenters. The summed E-state index contributed by atoms with van der Waals surface area (Å²) in [4.78, 5) is 36.8. The molecule has 0 aliphatic heterocycles. The average molecular weight is 504 g/mol. The lowest BCUT2D eigenvalue weighted by Gasteiger charge is -2.14. The second-order valence-corrected chi connectivity index (χ2v) is 8.65. The predicted octanol–water partition coefficient (Wildman–Crippen LogP) is 4.30. The second-order valence-electron chi connectivity index (χ2n) is 7.74. The van der Waals surface area contributed by atoms with Crippen LogP contribution in [0.4, 0.5) is 13.2 Å². The van der Waals surface area contributed by atoms with Crippen molar-refractivity contribution in [3.05, 3.63) is 79.9 Å². The van der Waals surface area contributed by atoms with Gasteiger partial charge in [0, 0.05) is 34.3 Å². The van der Waals surface area contributed by atoms with Gasteiger partial charge in [-0.15, -0.1) is 11.3 Å². The zero-order valence-electron chi connectivity index (χ0n) is 18.8. The molecule has 2 aromatic heterocycles. The van der Waals surface area contributed by atoms with Crippen LogP contribution in [0.2, 0.25) is 0 Å². The Balaban J connectivity index is 1.88. The smallest absolute Gasteiger partial charge is 0.431 e. The maximum absolute atomic E-state index is 13.2. The van der Waals surface area contributed by atoms with E-state index in [1.807, 2.05) is 24.4 Å². The first-order valence-electron chi connectivity index (χ1n) is 10.2. The summed E-state index contributed by atoms with van der Waals surface area (Å²) in [6.45, 7) is 1.59. The van der Waals surface area contributed by atoms with E-state index < -0.39 is 29.1 Å². The third kappa shape index (κ3) is 4.59. The van der Waals surface area contributed by atoms with Crippen LogP contribution < -0.4 is 16.0 Å². The first kappa shape index (κ1) is 24.3. The Kier molecular flexibility index (Phi) is 6.28. The van der Waals surface area contributed by atoms with Crippen molar-refractivity contribution in [2.45, 2.75) is 13.1 Å². The van der Waals surface area contributed by atoms with Gasteiger partial charge in [0.2, 0.25) is 0 Å². The van der Waals surface area contributed by atoms with E-state index in [-0.39, 0.29) is 12.3 Å². The van der Waals surface area contributed by atoms with Crippen molar-refractivity contribution in [2.24, 2.45) is 7.05 Å². The fourth-order valence-electron chi connectivity index (χ4n) is 3.68. The first-order chi connectivity index (χ1) is 16.5. The van der Waals surface area contributed by atoms with Crippen LogP contribution >= 0.6 is 11.3 Å². The van der Waals surface area contributed by atoms with Gasteiger partial charge in [-0.05, 0) is 42.6 Å². The lowest BCUT2D eigenvalue weighted by atomic mass is 10.0. The molecule has 11 heteroatoms. The molecule has 4 rings (SSSR count). The van der Waals surface area contributed by atoms with Crippen molar-refractivity contribution in [3.63, 3.8) is 0 Å². The molecule has 0 saturated carbocycles. The number of rotatable bonds is 5. The van der Waals surface area contributed by atoms with Crippen LogP contribution in [0.5, 0.6) is 5.75 Å². The van der Waals surface area contributed by atoms with Gasteiger partial charge >= 0.3 is 17.8 Å². The quantitative estimate of drug-likeness (QED) is 0.379. The highest BCUT2D eigenvalue weighted by Crippen LogP contribution is 2.40. The molecule has 7 nitrogen and oxygen atoms in total. The molecule has 0 saturated heterocycles. The molecule has 0 aliphatic carbocycles. The molecule has 35 heavy (non-hydrogen) atoms. The summed E-state index contributed by atoms with van der Waals surface area (Å²) in [6, 6.07) is 10.6. The van der Waals surface area contributed by atoms with Gasteiger partial charge in [0.25, 0.3) is 5.56 Å². The summed E-state index contributed by atoms with van der Waals surface area (Å²) >= 11 is 1.41. The van der Waals surface area contributed by atoms with Gasteiger partial charge in [0.05, 0.1) is 12.8 Å². The molecular formula is C24H19F3N2O5S.